The molecule has 3 amide bonds. The number of thioether (sulfide) groups is 1. The molecule has 208 valence electrons. The average Bonchev–Trinajstić information content (AvgIpc) is 2.98. The first-order valence-corrected chi connectivity index (χ1v) is 14.4. The van der Waals surface area contributed by atoms with Crippen LogP contribution in [-0.2, 0) is 9.59 Å². The van der Waals surface area contributed by atoms with Gasteiger partial charge in [-0.3, -0.25) is 14.4 Å². The van der Waals surface area contributed by atoms with Crippen LogP contribution in [0, 0.1) is 6.92 Å². The van der Waals surface area contributed by atoms with Crippen molar-refractivity contribution in [2.75, 3.05) is 10.6 Å². The molecule has 0 aliphatic rings. The number of halogens is 1. The van der Waals surface area contributed by atoms with Crippen LogP contribution in [0.3, 0.4) is 0 Å². The molecule has 0 saturated heterocycles. The molecule has 0 heterocycles. The van der Waals surface area contributed by atoms with Gasteiger partial charge in [0.15, 0.2) is 0 Å². The molecule has 0 fully saturated rings. The Hall–Kier alpha value is -4.33. The van der Waals surface area contributed by atoms with Crippen molar-refractivity contribution in [1.82, 2.24) is 5.32 Å². The summed E-state index contributed by atoms with van der Waals surface area (Å²) < 4.78 is 0. The Balaban J connectivity index is 1.48. The maximum atomic E-state index is 13.4. The first-order chi connectivity index (χ1) is 19.8. The fourth-order valence-electron chi connectivity index (χ4n) is 3.88. The van der Waals surface area contributed by atoms with E-state index in [0.717, 1.165) is 16.0 Å². The van der Waals surface area contributed by atoms with Gasteiger partial charge in [0.1, 0.15) is 5.70 Å². The highest BCUT2D eigenvalue weighted by Gasteiger charge is 2.19. The summed E-state index contributed by atoms with van der Waals surface area (Å²) in [7, 11) is 0. The summed E-state index contributed by atoms with van der Waals surface area (Å²) in [6.45, 7) is 3.85. The molecular weight excluding hydrogens is 554 g/mol. The van der Waals surface area contributed by atoms with Gasteiger partial charge >= 0.3 is 0 Å². The summed E-state index contributed by atoms with van der Waals surface area (Å²) in [6.07, 6.45) is 2.23. The van der Waals surface area contributed by atoms with Gasteiger partial charge in [-0.2, -0.15) is 0 Å². The summed E-state index contributed by atoms with van der Waals surface area (Å²) in [6, 6.07) is 30.7. The van der Waals surface area contributed by atoms with Crippen LogP contribution in [0.4, 0.5) is 11.4 Å². The zero-order chi connectivity index (χ0) is 29.2. The molecule has 4 aromatic carbocycles. The van der Waals surface area contributed by atoms with Crippen molar-refractivity contribution in [1.29, 1.82) is 0 Å². The Bertz CT molecular complexity index is 1560. The molecule has 4 aromatic rings. The summed E-state index contributed by atoms with van der Waals surface area (Å²) in [5, 5.41) is 8.79. The summed E-state index contributed by atoms with van der Waals surface area (Å²) in [4.78, 5) is 40.0. The lowest BCUT2D eigenvalue weighted by molar-refractivity contribution is -0.116. The van der Waals surface area contributed by atoms with E-state index in [-0.39, 0.29) is 22.8 Å². The van der Waals surface area contributed by atoms with Gasteiger partial charge in [-0.25, -0.2) is 0 Å². The molecular formula is C33H30ClN3O3S. The largest absolute Gasteiger partial charge is 0.325 e. The van der Waals surface area contributed by atoms with Crippen molar-refractivity contribution in [3.8, 4) is 0 Å². The lowest BCUT2D eigenvalue weighted by atomic mass is 10.1. The number of rotatable bonds is 10. The predicted molar refractivity (Wildman–Crippen MR) is 168 cm³/mol. The van der Waals surface area contributed by atoms with Crippen molar-refractivity contribution in [3.05, 3.63) is 131 Å². The second kappa shape index (κ2) is 14.3. The average molecular weight is 584 g/mol. The molecule has 8 heteroatoms. The summed E-state index contributed by atoms with van der Waals surface area (Å²) in [5.41, 5.74) is 3.42. The van der Waals surface area contributed by atoms with Gasteiger partial charge in [0.25, 0.3) is 11.8 Å². The normalized spacial score (nSPS) is 11.8. The van der Waals surface area contributed by atoms with Crippen LogP contribution >= 0.6 is 23.4 Å². The molecule has 0 spiro atoms. The standard InChI is InChI=1S/C33H30ClN3O3S/c1-3-30(33(40)36-26-18-17-22(2)28(34)21-26)41-27-16-10-15-25(20-27)35-32(39)29(19-23-11-6-4-7-12-23)37-31(38)24-13-8-5-9-14-24/h4-21,30H,3H2,1-2H3,(H,35,39)(H,36,40)(H,37,38)/b29-19-. The maximum Gasteiger partial charge on any atom is 0.272 e. The van der Waals surface area contributed by atoms with Crippen LogP contribution in [0.2, 0.25) is 5.02 Å². The van der Waals surface area contributed by atoms with Gasteiger partial charge in [-0.15, -0.1) is 11.8 Å². The topological polar surface area (TPSA) is 87.3 Å². The number of anilines is 2. The lowest BCUT2D eigenvalue weighted by Gasteiger charge is -2.16. The lowest BCUT2D eigenvalue weighted by Crippen LogP contribution is -2.30. The molecule has 1 atom stereocenters. The quantitative estimate of drug-likeness (QED) is 0.133. The molecule has 0 aromatic heterocycles. The SMILES string of the molecule is CCC(Sc1cccc(NC(=O)/C(=C/c2ccccc2)NC(=O)c2ccccc2)c1)C(=O)Nc1ccc(C)c(Cl)c1. The summed E-state index contributed by atoms with van der Waals surface area (Å²) >= 11 is 7.61. The minimum atomic E-state index is -0.471. The Morgan fingerprint density at radius 1 is 0.829 bits per heavy atom. The highest BCUT2D eigenvalue weighted by Crippen LogP contribution is 2.29. The summed E-state index contributed by atoms with van der Waals surface area (Å²) in [5.74, 6) is -0.996. The number of nitrogens with one attached hydrogen (secondary N) is 3. The van der Waals surface area contributed by atoms with E-state index in [9.17, 15) is 14.4 Å². The van der Waals surface area contributed by atoms with Gasteiger partial charge in [0.05, 0.1) is 5.25 Å². The fourth-order valence-corrected chi connectivity index (χ4v) is 5.08. The van der Waals surface area contributed by atoms with E-state index in [1.165, 1.54) is 11.8 Å². The highest BCUT2D eigenvalue weighted by molar-refractivity contribution is 8.00. The van der Waals surface area contributed by atoms with E-state index in [0.29, 0.717) is 28.4 Å². The van der Waals surface area contributed by atoms with Gasteiger partial charge in [-0.05, 0) is 73.0 Å². The van der Waals surface area contributed by atoms with E-state index in [2.05, 4.69) is 16.0 Å². The third kappa shape index (κ3) is 8.58. The minimum absolute atomic E-state index is 0.102. The first-order valence-electron chi connectivity index (χ1n) is 13.1. The van der Waals surface area contributed by atoms with Crippen molar-refractivity contribution in [3.63, 3.8) is 0 Å². The Kier molecular flexibility index (Phi) is 10.4. The second-order valence-electron chi connectivity index (χ2n) is 9.24. The van der Waals surface area contributed by atoms with Crippen LogP contribution in [-0.4, -0.2) is 23.0 Å². The Labute approximate surface area is 249 Å². The Morgan fingerprint density at radius 3 is 2.20 bits per heavy atom. The maximum absolute atomic E-state index is 13.4. The number of amides is 3. The molecule has 41 heavy (non-hydrogen) atoms. The van der Waals surface area contributed by atoms with E-state index in [1.807, 2.05) is 74.5 Å². The van der Waals surface area contributed by atoms with Crippen LogP contribution in [0.1, 0.15) is 34.8 Å². The van der Waals surface area contributed by atoms with Crippen molar-refractivity contribution in [2.24, 2.45) is 0 Å². The van der Waals surface area contributed by atoms with Gasteiger partial charge in [-0.1, -0.05) is 79.2 Å². The highest BCUT2D eigenvalue weighted by atomic mass is 35.5. The molecule has 0 bridgehead atoms. The van der Waals surface area contributed by atoms with E-state index < -0.39 is 5.91 Å². The molecule has 0 saturated carbocycles. The van der Waals surface area contributed by atoms with E-state index in [1.54, 1.807) is 48.5 Å². The van der Waals surface area contributed by atoms with Gasteiger partial charge < -0.3 is 16.0 Å². The molecule has 4 rings (SSSR count). The van der Waals surface area contributed by atoms with Crippen LogP contribution in [0.25, 0.3) is 6.08 Å². The molecule has 3 N–H and O–H groups in total. The first kappa shape index (κ1) is 29.6. The van der Waals surface area contributed by atoms with E-state index in [4.69, 9.17) is 11.6 Å². The van der Waals surface area contributed by atoms with Crippen molar-refractivity contribution >= 4 is 58.5 Å². The van der Waals surface area contributed by atoms with Gasteiger partial charge in [0.2, 0.25) is 5.91 Å². The minimum Gasteiger partial charge on any atom is -0.325 e. The third-order valence-electron chi connectivity index (χ3n) is 6.11. The van der Waals surface area contributed by atoms with Crippen LogP contribution in [0.5, 0.6) is 0 Å². The molecule has 0 aliphatic heterocycles. The number of benzene rings is 4. The van der Waals surface area contributed by atoms with Crippen molar-refractivity contribution < 1.29 is 14.4 Å². The number of carbonyl (C=O) groups is 3. The molecule has 1 unspecified atom stereocenters. The second-order valence-corrected chi connectivity index (χ2v) is 10.9. The number of carbonyl (C=O) groups excluding carboxylic acids is 3. The number of aryl methyl sites for hydroxylation is 1. The van der Waals surface area contributed by atoms with Crippen LogP contribution in [0.15, 0.2) is 114 Å². The zero-order valence-electron chi connectivity index (χ0n) is 22.7. The molecule has 6 nitrogen and oxygen atoms in total. The monoisotopic (exact) mass is 583 g/mol. The van der Waals surface area contributed by atoms with Crippen molar-refractivity contribution in [2.45, 2.75) is 30.4 Å². The Morgan fingerprint density at radius 2 is 1.51 bits per heavy atom. The van der Waals surface area contributed by atoms with E-state index >= 15 is 0 Å². The number of hydrogen-bond donors (Lipinski definition) is 3. The molecule has 0 radical (unpaired) electrons. The predicted octanol–water partition coefficient (Wildman–Crippen LogP) is 7.57. The smallest absolute Gasteiger partial charge is 0.272 e. The molecule has 0 aliphatic carbocycles. The third-order valence-corrected chi connectivity index (χ3v) is 7.88. The fraction of sp³-hybridized carbons (Fsp3) is 0.121. The number of hydrogen-bond acceptors (Lipinski definition) is 4. The van der Waals surface area contributed by atoms with Gasteiger partial charge in [0, 0.05) is 26.9 Å². The zero-order valence-corrected chi connectivity index (χ0v) is 24.3. The van der Waals surface area contributed by atoms with Crippen LogP contribution < -0.4 is 16.0 Å².